The van der Waals surface area contributed by atoms with Crippen molar-refractivity contribution in [2.24, 2.45) is 0 Å². The molecule has 2 aromatic carbocycles. The molecule has 1 atom stereocenters. The van der Waals surface area contributed by atoms with Gasteiger partial charge in [0.2, 0.25) is 21.8 Å². The molecule has 0 aromatic heterocycles. The average Bonchev–Trinajstić information content (AvgIpc) is 2.72. The molecule has 0 fully saturated rings. The Bertz CT molecular complexity index is 992. The van der Waals surface area contributed by atoms with Gasteiger partial charge in [-0.3, -0.25) is 9.59 Å². The first-order valence-corrected chi connectivity index (χ1v) is 10.5. The SMILES string of the molecule is COc1ccc(S(=O)(=O)N[C@@H](C)C(=O)N(C)CC(=O)Nc2cccc(OC)c2)cc1. The van der Waals surface area contributed by atoms with Gasteiger partial charge in [0.15, 0.2) is 0 Å². The number of anilines is 1. The van der Waals surface area contributed by atoms with Crippen molar-refractivity contribution >= 4 is 27.5 Å². The van der Waals surface area contributed by atoms with Crippen molar-refractivity contribution in [2.45, 2.75) is 17.9 Å². The van der Waals surface area contributed by atoms with Gasteiger partial charge in [-0.15, -0.1) is 0 Å². The van der Waals surface area contributed by atoms with Crippen molar-refractivity contribution in [3.8, 4) is 11.5 Å². The van der Waals surface area contributed by atoms with E-state index in [9.17, 15) is 18.0 Å². The van der Waals surface area contributed by atoms with E-state index in [4.69, 9.17) is 9.47 Å². The molecular weight excluding hydrogens is 410 g/mol. The number of benzene rings is 2. The Morgan fingerprint density at radius 1 is 1.03 bits per heavy atom. The van der Waals surface area contributed by atoms with Crippen LogP contribution in [0.2, 0.25) is 0 Å². The minimum Gasteiger partial charge on any atom is -0.497 e. The highest BCUT2D eigenvalue weighted by molar-refractivity contribution is 7.89. The number of carbonyl (C=O) groups excluding carboxylic acids is 2. The van der Waals surface area contributed by atoms with Crippen LogP contribution in [-0.4, -0.2) is 59.0 Å². The molecule has 0 unspecified atom stereocenters. The minimum absolute atomic E-state index is 0.00127. The van der Waals surface area contributed by atoms with Crippen molar-refractivity contribution in [3.05, 3.63) is 48.5 Å². The summed E-state index contributed by atoms with van der Waals surface area (Å²) in [5, 5.41) is 2.66. The standard InChI is InChI=1S/C20H25N3O6S/c1-14(22-30(26,27)18-10-8-16(28-3)9-11-18)20(25)23(2)13-19(24)21-15-6-5-7-17(12-15)29-4/h5-12,14,22H,13H2,1-4H3,(H,21,24)/t14-/m0/s1. The van der Waals surface area contributed by atoms with Gasteiger partial charge < -0.3 is 19.7 Å². The van der Waals surface area contributed by atoms with Gasteiger partial charge in [0.05, 0.1) is 31.7 Å². The third kappa shape index (κ3) is 6.19. The van der Waals surface area contributed by atoms with Gasteiger partial charge in [0, 0.05) is 18.8 Å². The normalized spacial score (nSPS) is 12.0. The van der Waals surface area contributed by atoms with E-state index in [-0.39, 0.29) is 11.4 Å². The molecule has 10 heteroatoms. The fourth-order valence-electron chi connectivity index (χ4n) is 2.63. The molecule has 2 N–H and O–H groups in total. The highest BCUT2D eigenvalue weighted by Gasteiger charge is 2.25. The zero-order valence-electron chi connectivity index (χ0n) is 17.2. The van der Waals surface area contributed by atoms with E-state index in [0.717, 1.165) is 4.90 Å². The third-order valence-corrected chi connectivity index (χ3v) is 5.74. The summed E-state index contributed by atoms with van der Waals surface area (Å²) in [5.41, 5.74) is 0.522. The summed E-state index contributed by atoms with van der Waals surface area (Å²) in [7, 11) is 0.498. The van der Waals surface area contributed by atoms with E-state index in [1.54, 1.807) is 24.3 Å². The molecule has 0 aliphatic heterocycles. The largest absolute Gasteiger partial charge is 0.497 e. The Labute approximate surface area is 176 Å². The number of methoxy groups -OCH3 is 2. The summed E-state index contributed by atoms with van der Waals surface area (Å²) in [6.07, 6.45) is 0. The minimum atomic E-state index is -3.92. The number of nitrogens with zero attached hydrogens (tertiary/aromatic N) is 1. The molecule has 0 aliphatic rings. The Kier molecular flexibility index (Phi) is 7.79. The summed E-state index contributed by atoms with van der Waals surface area (Å²) in [4.78, 5) is 25.9. The molecule has 0 saturated carbocycles. The number of hydrogen-bond donors (Lipinski definition) is 2. The highest BCUT2D eigenvalue weighted by Crippen LogP contribution is 2.17. The van der Waals surface area contributed by atoms with Crippen LogP contribution in [0.4, 0.5) is 5.69 Å². The third-order valence-electron chi connectivity index (χ3n) is 4.18. The van der Waals surface area contributed by atoms with Crippen molar-refractivity contribution < 1.29 is 27.5 Å². The van der Waals surface area contributed by atoms with Crippen molar-refractivity contribution in [2.75, 3.05) is 33.1 Å². The van der Waals surface area contributed by atoms with Crippen LogP contribution < -0.4 is 19.5 Å². The quantitative estimate of drug-likeness (QED) is 0.617. The lowest BCUT2D eigenvalue weighted by Gasteiger charge is -2.21. The highest BCUT2D eigenvalue weighted by atomic mass is 32.2. The lowest BCUT2D eigenvalue weighted by molar-refractivity contribution is -0.134. The molecule has 2 rings (SSSR count). The fraction of sp³-hybridized carbons (Fsp3) is 0.300. The summed E-state index contributed by atoms with van der Waals surface area (Å²) in [6.45, 7) is 1.17. The molecule has 2 aromatic rings. The molecule has 0 heterocycles. The van der Waals surface area contributed by atoms with Gasteiger partial charge in [-0.25, -0.2) is 8.42 Å². The molecule has 0 aliphatic carbocycles. The van der Waals surface area contributed by atoms with Crippen LogP contribution in [0, 0.1) is 0 Å². The molecule has 9 nitrogen and oxygen atoms in total. The maximum Gasteiger partial charge on any atom is 0.243 e. The van der Waals surface area contributed by atoms with E-state index in [0.29, 0.717) is 17.2 Å². The number of likely N-dealkylation sites (N-methyl/N-ethyl adjacent to an activating group) is 1. The number of rotatable bonds is 9. The zero-order valence-corrected chi connectivity index (χ0v) is 18.0. The average molecular weight is 436 g/mol. The van der Waals surface area contributed by atoms with E-state index in [2.05, 4.69) is 10.0 Å². The van der Waals surface area contributed by atoms with Gasteiger partial charge >= 0.3 is 0 Å². The molecule has 2 amide bonds. The Balaban J connectivity index is 1.96. The van der Waals surface area contributed by atoms with E-state index in [1.165, 1.54) is 52.5 Å². The number of amides is 2. The first-order valence-electron chi connectivity index (χ1n) is 9.01. The zero-order chi connectivity index (χ0) is 22.3. The lowest BCUT2D eigenvalue weighted by Crippen LogP contribution is -2.47. The number of hydrogen-bond acceptors (Lipinski definition) is 6. The predicted octanol–water partition coefficient (Wildman–Crippen LogP) is 1.47. The van der Waals surface area contributed by atoms with Gasteiger partial charge in [-0.1, -0.05) is 6.07 Å². The smallest absolute Gasteiger partial charge is 0.243 e. The van der Waals surface area contributed by atoms with Crippen LogP contribution in [-0.2, 0) is 19.6 Å². The van der Waals surface area contributed by atoms with Crippen molar-refractivity contribution in [1.29, 1.82) is 0 Å². The second-order valence-corrected chi connectivity index (χ2v) is 8.21. The summed E-state index contributed by atoms with van der Waals surface area (Å²) in [6, 6.07) is 11.5. The molecular formula is C20H25N3O6S. The fourth-order valence-corrected chi connectivity index (χ4v) is 3.83. The van der Waals surface area contributed by atoms with Crippen LogP contribution in [0.15, 0.2) is 53.4 Å². The summed E-state index contributed by atoms with van der Waals surface area (Å²) in [5.74, 6) is 0.121. The summed E-state index contributed by atoms with van der Waals surface area (Å²) >= 11 is 0. The number of carbonyl (C=O) groups is 2. The van der Waals surface area contributed by atoms with Crippen LogP contribution in [0.3, 0.4) is 0 Å². The number of nitrogens with one attached hydrogen (secondary N) is 2. The van der Waals surface area contributed by atoms with Gasteiger partial charge in [0.25, 0.3) is 0 Å². The predicted molar refractivity (Wildman–Crippen MR) is 112 cm³/mol. The van der Waals surface area contributed by atoms with Crippen LogP contribution in [0.1, 0.15) is 6.92 Å². The number of sulfonamides is 1. The Morgan fingerprint density at radius 2 is 1.67 bits per heavy atom. The second kappa shape index (κ2) is 10.1. The molecule has 30 heavy (non-hydrogen) atoms. The first-order chi connectivity index (χ1) is 14.2. The van der Waals surface area contributed by atoms with Crippen molar-refractivity contribution in [3.63, 3.8) is 0 Å². The maximum atomic E-state index is 12.5. The topological polar surface area (TPSA) is 114 Å². The molecule has 162 valence electrons. The maximum absolute atomic E-state index is 12.5. The Hall–Kier alpha value is -3.11. The van der Waals surface area contributed by atoms with Crippen LogP contribution >= 0.6 is 0 Å². The van der Waals surface area contributed by atoms with Crippen molar-refractivity contribution in [1.82, 2.24) is 9.62 Å². The van der Waals surface area contributed by atoms with Gasteiger partial charge in [0.1, 0.15) is 11.5 Å². The van der Waals surface area contributed by atoms with Gasteiger partial charge in [-0.05, 0) is 43.3 Å². The molecule has 0 spiro atoms. The van der Waals surface area contributed by atoms with Crippen LogP contribution in [0.25, 0.3) is 0 Å². The second-order valence-electron chi connectivity index (χ2n) is 6.49. The summed E-state index contributed by atoms with van der Waals surface area (Å²) < 4.78 is 37.4. The molecule has 0 saturated heterocycles. The molecule has 0 bridgehead atoms. The van der Waals surface area contributed by atoms with E-state index < -0.39 is 27.9 Å². The molecule has 0 radical (unpaired) electrons. The Morgan fingerprint density at radius 3 is 2.27 bits per heavy atom. The monoisotopic (exact) mass is 435 g/mol. The first kappa shape index (κ1) is 23.2. The van der Waals surface area contributed by atoms with E-state index in [1.807, 2.05) is 0 Å². The van der Waals surface area contributed by atoms with Gasteiger partial charge in [-0.2, -0.15) is 4.72 Å². The number of ether oxygens (including phenoxy) is 2. The lowest BCUT2D eigenvalue weighted by atomic mass is 10.3. The van der Waals surface area contributed by atoms with Crippen LogP contribution in [0.5, 0.6) is 11.5 Å². The van der Waals surface area contributed by atoms with E-state index >= 15 is 0 Å².